The van der Waals surface area contributed by atoms with Gasteiger partial charge in [-0.25, -0.2) is 17.6 Å². The smallest absolute Gasteiger partial charge is 0.257 e. The van der Waals surface area contributed by atoms with Crippen LogP contribution in [0.4, 0.5) is 17.6 Å². The standard InChI is InChI=1S/C34H28F2O3.C20H18F2O2/c35-30-18-8-16-28(33(30)38-22-24-10-3-1-4-11-24)20-26-14-7-15-27(32(26)37)21-29-17-9-19-31(36)34(29)39-23-25-12-5-2-6-13-25;21-16-8-1-4-12-10-14-6-3-7-15-11-13-5-2-9-17(22)19(13)24-20(14,15)23-18(12)16/h1-6,8-13,16-21H,7,14-15,22-23H2;1-2,4-5,8-9,14-15H,3,6-7,10-11H2/b26-20+,27-21+;. The van der Waals surface area contributed by atoms with Crippen LogP contribution in [0.1, 0.15) is 71.9 Å². The van der Waals surface area contributed by atoms with Crippen LogP contribution >= 0.6 is 0 Å². The molecule has 6 aromatic rings. The van der Waals surface area contributed by atoms with Crippen molar-refractivity contribution < 1.29 is 41.3 Å². The maximum absolute atomic E-state index is 14.7. The van der Waals surface area contributed by atoms with Gasteiger partial charge in [0.2, 0.25) is 0 Å². The van der Waals surface area contributed by atoms with Crippen LogP contribution in [-0.2, 0) is 30.8 Å². The molecule has 0 aromatic heterocycles. The highest BCUT2D eigenvalue weighted by Gasteiger charge is 2.57. The average Bonchev–Trinajstić information content (AvgIpc) is 3.29. The van der Waals surface area contributed by atoms with Crippen molar-refractivity contribution in [2.24, 2.45) is 11.8 Å². The third-order valence-corrected chi connectivity index (χ3v) is 12.4. The third kappa shape index (κ3) is 8.87. The van der Waals surface area contributed by atoms with Crippen molar-refractivity contribution >= 4 is 17.9 Å². The van der Waals surface area contributed by atoms with Crippen LogP contribution < -0.4 is 18.9 Å². The quantitative estimate of drug-likeness (QED) is 0.113. The number of halogens is 4. The highest BCUT2D eigenvalue weighted by Crippen LogP contribution is 2.53. The summed E-state index contributed by atoms with van der Waals surface area (Å²) in [6.07, 6.45) is 9.71. The predicted molar refractivity (Wildman–Crippen MR) is 234 cm³/mol. The lowest BCUT2D eigenvalue weighted by Gasteiger charge is -2.53. The summed E-state index contributed by atoms with van der Waals surface area (Å²) in [6.45, 7) is 0.421. The SMILES string of the molecule is Fc1cccc2c1OC13Oc4c(F)cccc4CC1CCCC3C2.O=C1/C(=C/c2cccc(F)c2OCc2ccccc2)CCC/C1=C\c1cccc(F)c1OCc1ccccc1. The van der Waals surface area contributed by atoms with E-state index >= 15 is 0 Å². The largest absolute Gasteiger partial charge is 0.485 e. The Kier molecular flexibility index (Phi) is 12.2. The lowest BCUT2D eigenvalue weighted by Crippen LogP contribution is -2.61. The fourth-order valence-electron chi connectivity index (χ4n) is 9.29. The Morgan fingerprint density at radius 2 is 0.952 bits per heavy atom. The van der Waals surface area contributed by atoms with Gasteiger partial charge in [-0.15, -0.1) is 0 Å². The van der Waals surface area contributed by atoms with Crippen molar-refractivity contribution in [3.05, 3.63) is 201 Å². The van der Waals surface area contributed by atoms with Gasteiger partial charge in [-0.2, -0.15) is 0 Å². The molecule has 0 N–H and O–H groups in total. The van der Waals surface area contributed by atoms with Gasteiger partial charge in [-0.1, -0.05) is 116 Å². The highest BCUT2D eigenvalue weighted by molar-refractivity contribution is 6.14. The molecule has 10 rings (SSSR count). The molecule has 320 valence electrons. The second-order valence-electron chi connectivity index (χ2n) is 16.5. The molecule has 2 aliphatic carbocycles. The molecule has 9 heteroatoms. The molecule has 2 unspecified atom stereocenters. The number of hydrogen-bond acceptors (Lipinski definition) is 5. The summed E-state index contributed by atoms with van der Waals surface area (Å²) >= 11 is 0. The number of ketones is 1. The van der Waals surface area contributed by atoms with E-state index in [-0.39, 0.29) is 65.5 Å². The van der Waals surface area contributed by atoms with Gasteiger partial charge < -0.3 is 18.9 Å². The van der Waals surface area contributed by atoms with E-state index in [9.17, 15) is 22.4 Å². The van der Waals surface area contributed by atoms with Crippen LogP contribution in [-0.4, -0.2) is 11.6 Å². The second kappa shape index (κ2) is 18.4. The fourth-order valence-corrected chi connectivity index (χ4v) is 9.29. The molecule has 2 aliphatic heterocycles. The minimum atomic E-state index is -0.942. The first kappa shape index (κ1) is 41.7. The molecule has 2 fully saturated rings. The van der Waals surface area contributed by atoms with E-state index in [1.807, 2.05) is 72.8 Å². The Balaban J connectivity index is 0.000000178. The molecule has 2 atom stereocenters. The minimum Gasteiger partial charge on any atom is -0.485 e. The molecule has 1 spiro atoms. The van der Waals surface area contributed by atoms with E-state index in [4.69, 9.17) is 18.9 Å². The van der Waals surface area contributed by atoms with Gasteiger partial charge in [0.1, 0.15) is 13.2 Å². The van der Waals surface area contributed by atoms with Crippen LogP contribution in [0.15, 0.2) is 145 Å². The lowest BCUT2D eigenvalue weighted by molar-refractivity contribution is -0.228. The Bertz CT molecular complexity index is 2500. The summed E-state index contributed by atoms with van der Waals surface area (Å²) in [5.74, 6) is -1.77. The van der Waals surface area contributed by atoms with E-state index in [2.05, 4.69) is 0 Å². The molecule has 0 radical (unpaired) electrons. The highest BCUT2D eigenvalue weighted by atomic mass is 19.1. The number of ether oxygens (including phenoxy) is 4. The van der Waals surface area contributed by atoms with Gasteiger partial charge in [0.15, 0.2) is 52.1 Å². The van der Waals surface area contributed by atoms with Crippen molar-refractivity contribution in [1.82, 2.24) is 0 Å². The maximum Gasteiger partial charge on any atom is 0.257 e. The van der Waals surface area contributed by atoms with Crippen molar-refractivity contribution in [1.29, 1.82) is 0 Å². The summed E-state index contributed by atoms with van der Waals surface area (Å²) in [5.41, 5.74) is 5.73. The Morgan fingerprint density at radius 3 is 1.41 bits per heavy atom. The van der Waals surface area contributed by atoms with Gasteiger partial charge in [-0.3, -0.25) is 4.79 Å². The van der Waals surface area contributed by atoms with Gasteiger partial charge in [-0.05, 0) is 104 Å². The van der Waals surface area contributed by atoms with Gasteiger partial charge in [0.25, 0.3) is 5.79 Å². The van der Waals surface area contributed by atoms with Crippen LogP contribution in [0.25, 0.3) is 12.2 Å². The zero-order valence-electron chi connectivity index (χ0n) is 34.6. The molecular weight excluding hydrogens is 805 g/mol. The van der Waals surface area contributed by atoms with Gasteiger partial charge in [0, 0.05) is 34.1 Å². The molecule has 2 saturated carbocycles. The van der Waals surface area contributed by atoms with Gasteiger partial charge in [0.05, 0.1) is 0 Å². The predicted octanol–water partition coefficient (Wildman–Crippen LogP) is 13.0. The lowest BCUT2D eigenvalue weighted by atomic mass is 9.68. The molecule has 63 heavy (non-hydrogen) atoms. The van der Waals surface area contributed by atoms with Crippen molar-refractivity contribution in [2.45, 2.75) is 70.4 Å². The average molecular weight is 851 g/mol. The summed E-state index contributed by atoms with van der Waals surface area (Å²) in [4.78, 5) is 13.5. The van der Waals surface area contributed by atoms with E-state index in [1.54, 1.807) is 48.6 Å². The number of hydrogen-bond donors (Lipinski definition) is 0. The number of para-hydroxylation sites is 4. The monoisotopic (exact) mass is 850 g/mol. The number of fused-ring (bicyclic) bond motifs is 2. The Labute approximate surface area is 364 Å². The first-order chi connectivity index (χ1) is 30.8. The molecule has 0 saturated heterocycles. The third-order valence-electron chi connectivity index (χ3n) is 12.4. The molecule has 4 aliphatic rings. The van der Waals surface area contributed by atoms with E-state index < -0.39 is 17.4 Å². The first-order valence-electron chi connectivity index (χ1n) is 21.5. The molecule has 5 nitrogen and oxygen atoms in total. The summed E-state index contributed by atoms with van der Waals surface area (Å²) < 4.78 is 82.2. The topological polar surface area (TPSA) is 54.0 Å². The Morgan fingerprint density at radius 1 is 0.524 bits per heavy atom. The van der Waals surface area contributed by atoms with Crippen LogP contribution in [0.3, 0.4) is 0 Å². The number of carbonyl (C=O) groups is 1. The summed E-state index contributed by atoms with van der Waals surface area (Å²) in [5, 5.41) is 0. The van der Waals surface area contributed by atoms with Crippen LogP contribution in [0, 0.1) is 35.1 Å². The molecular formula is C54H46F4O5. The summed E-state index contributed by atoms with van der Waals surface area (Å²) in [7, 11) is 0. The van der Waals surface area contributed by atoms with Crippen molar-refractivity contribution in [2.75, 3.05) is 0 Å². The summed E-state index contributed by atoms with van der Waals surface area (Å²) in [6, 6.07) is 38.5. The number of carbonyl (C=O) groups excluding carboxylic acids is 1. The molecule has 0 bridgehead atoms. The fraction of sp³-hybridized carbons (Fsp3) is 0.241. The van der Waals surface area contributed by atoms with Gasteiger partial charge >= 0.3 is 0 Å². The molecule has 2 heterocycles. The normalized spacial score (nSPS) is 21.0. The number of allylic oxidation sites excluding steroid dienone is 2. The number of benzene rings is 6. The molecule has 6 aromatic carbocycles. The maximum atomic E-state index is 14.7. The Hall–Kier alpha value is -6.61. The zero-order valence-corrected chi connectivity index (χ0v) is 34.6. The zero-order chi connectivity index (χ0) is 43.3. The molecule has 0 amide bonds. The first-order valence-corrected chi connectivity index (χ1v) is 21.5. The van der Waals surface area contributed by atoms with Crippen LogP contribution in [0.2, 0.25) is 0 Å². The van der Waals surface area contributed by atoms with E-state index in [0.29, 0.717) is 48.0 Å². The number of rotatable bonds is 8. The van der Waals surface area contributed by atoms with Crippen molar-refractivity contribution in [3.63, 3.8) is 0 Å². The van der Waals surface area contributed by atoms with Crippen LogP contribution in [0.5, 0.6) is 23.0 Å². The number of Topliss-reactive ketones (excluding diaryl/α,β-unsaturated/α-hetero) is 1. The van der Waals surface area contributed by atoms with Crippen molar-refractivity contribution in [3.8, 4) is 23.0 Å². The van der Waals surface area contributed by atoms with E-state index in [1.165, 1.54) is 24.3 Å². The second-order valence-corrected chi connectivity index (χ2v) is 16.5. The minimum absolute atomic E-state index is 0.111. The van der Waals surface area contributed by atoms with E-state index in [0.717, 1.165) is 47.9 Å².